The molecule has 3 aromatic heterocycles. The molecule has 5 heterocycles. The number of anilines is 1. The fraction of sp³-hybridized carbons (Fsp3) is 0.355. The van der Waals surface area contributed by atoms with E-state index >= 15 is 0 Å². The van der Waals surface area contributed by atoms with Gasteiger partial charge in [0.15, 0.2) is 0 Å². The van der Waals surface area contributed by atoms with Gasteiger partial charge < -0.3 is 15.3 Å². The topological polar surface area (TPSA) is 101 Å². The van der Waals surface area contributed by atoms with Crippen LogP contribution in [0.5, 0.6) is 0 Å². The van der Waals surface area contributed by atoms with Crippen molar-refractivity contribution in [3.8, 4) is 22.4 Å². The van der Waals surface area contributed by atoms with Crippen LogP contribution in [0.25, 0.3) is 28.0 Å². The smallest absolute Gasteiger partial charge is 0.333 e. The van der Waals surface area contributed by atoms with Crippen LogP contribution in [0.2, 0.25) is 5.02 Å². The molecule has 0 saturated carbocycles. The van der Waals surface area contributed by atoms with Crippen molar-refractivity contribution < 1.29 is 18.7 Å². The van der Waals surface area contributed by atoms with E-state index in [4.69, 9.17) is 16.6 Å². The molecule has 2 aliphatic heterocycles. The predicted molar refractivity (Wildman–Crippen MR) is 160 cm³/mol. The Morgan fingerprint density at radius 2 is 1.93 bits per heavy atom. The molecule has 1 unspecified atom stereocenters. The van der Waals surface area contributed by atoms with Gasteiger partial charge in [0.05, 0.1) is 35.5 Å². The van der Waals surface area contributed by atoms with Gasteiger partial charge in [-0.3, -0.25) is 14.5 Å². The molecule has 12 heteroatoms. The molecule has 1 amide bonds. The van der Waals surface area contributed by atoms with Gasteiger partial charge in [0, 0.05) is 54.1 Å². The van der Waals surface area contributed by atoms with Gasteiger partial charge in [0.2, 0.25) is 5.91 Å². The molecule has 4 aromatic rings. The summed E-state index contributed by atoms with van der Waals surface area (Å²) in [6.07, 6.45) is 9.75. The second kappa shape index (κ2) is 11.9. The Balaban J connectivity index is 1.35. The molecule has 2 N–H and O–H groups in total. The summed E-state index contributed by atoms with van der Waals surface area (Å²) in [6, 6.07) is 8.84. The number of benzene rings is 1. The number of nitrogens with one attached hydrogen (secondary N) is 1. The minimum Gasteiger partial charge on any atom is -0.374 e. The fourth-order valence-corrected chi connectivity index (χ4v) is 6.19. The molecule has 0 fully saturated rings. The average molecular weight is 608 g/mol. The number of halogens is 3. The number of aryl methyl sites for hydroxylation is 1. The lowest BCUT2D eigenvalue weighted by Crippen LogP contribution is -2.38. The SMILES string of the molecule is C[C@@H]1CCC[C@H](N2CCC(c3cc(Cl)ccc3-c3cnn(C(F)F)c3)=CC2=O)c2cc(ccn2)-c2c(cnn2C)NC1O. The Morgan fingerprint density at radius 1 is 1.09 bits per heavy atom. The van der Waals surface area contributed by atoms with Crippen LogP contribution in [0.4, 0.5) is 14.5 Å². The van der Waals surface area contributed by atoms with Crippen LogP contribution in [0, 0.1) is 5.92 Å². The number of hydrogen-bond donors (Lipinski definition) is 2. The molecule has 0 spiro atoms. The largest absolute Gasteiger partial charge is 0.374 e. The first-order valence-corrected chi connectivity index (χ1v) is 14.6. The summed E-state index contributed by atoms with van der Waals surface area (Å²) in [5.74, 6) is -0.186. The summed E-state index contributed by atoms with van der Waals surface area (Å²) in [4.78, 5) is 20.4. The summed E-state index contributed by atoms with van der Waals surface area (Å²) in [7, 11) is 1.85. The van der Waals surface area contributed by atoms with Crippen LogP contribution in [-0.4, -0.2) is 53.2 Å². The minimum atomic E-state index is -2.75. The molecule has 0 aliphatic carbocycles. The van der Waals surface area contributed by atoms with Crippen molar-refractivity contribution in [2.75, 3.05) is 11.9 Å². The van der Waals surface area contributed by atoms with Crippen LogP contribution in [0.15, 0.2) is 61.2 Å². The summed E-state index contributed by atoms with van der Waals surface area (Å²) in [5.41, 5.74) is 5.91. The summed E-state index contributed by atoms with van der Waals surface area (Å²) in [6.45, 7) is -0.306. The van der Waals surface area contributed by atoms with Crippen molar-refractivity contribution in [2.24, 2.45) is 13.0 Å². The number of rotatable bonds is 4. The summed E-state index contributed by atoms with van der Waals surface area (Å²) >= 11 is 6.35. The van der Waals surface area contributed by atoms with Crippen LogP contribution in [0.3, 0.4) is 0 Å². The molecule has 1 aromatic carbocycles. The molecule has 6 rings (SSSR count). The lowest BCUT2D eigenvalue weighted by molar-refractivity contribution is -0.129. The highest BCUT2D eigenvalue weighted by atomic mass is 35.5. The van der Waals surface area contributed by atoms with Gasteiger partial charge in [0.25, 0.3) is 0 Å². The molecule has 2 aliphatic rings. The maximum atomic E-state index is 13.8. The van der Waals surface area contributed by atoms with Gasteiger partial charge >= 0.3 is 6.55 Å². The minimum absolute atomic E-state index is 0.0290. The Bertz CT molecular complexity index is 1680. The van der Waals surface area contributed by atoms with E-state index in [1.807, 2.05) is 31.0 Å². The Morgan fingerprint density at radius 3 is 2.70 bits per heavy atom. The molecule has 0 radical (unpaired) electrons. The van der Waals surface area contributed by atoms with Crippen molar-refractivity contribution in [1.82, 2.24) is 29.4 Å². The molecular formula is C31H32ClF2N7O2. The Kier molecular flexibility index (Phi) is 8.02. The van der Waals surface area contributed by atoms with Gasteiger partial charge in [-0.2, -0.15) is 19.0 Å². The number of pyridine rings is 1. The second-order valence-electron chi connectivity index (χ2n) is 11.1. The molecule has 9 nitrogen and oxygen atoms in total. The van der Waals surface area contributed by atoms with Gasteiger partial charge in [-0.05, 0) is 60.2 Å². The lowest BCUT2D eigenvalue weighted by Gasteiger charge is -2.35. The number of hydrogen-bond acceptors (Lipinski definition) is 6. The Labute approximate surface area is 252 Å². The number of fused-ring (bicyclic) bond motifs is 4. The monoisotopic (exact) mass is 607 g/mol. The van der Waals surface area contributed by atoms with Crippen molar-refractivity contribution in [2.45, 2.75) is 51.4 Å². The first-order valence-electron chi connectivity index (χ1n) is 14.3. The number of carbonyl (C=O) groups is 1. The molecule has 224 valence electrons. The number of alkyl halides is 2. The summed E-state index contributed by atoms with van der Waals surface area (Å²) in [5, 5.41) is 22.7. The van der Waals surface area contributed by atoms with E-state index in [0.29, 0.717) is 45.8 Å². The van der Waals surface area contributed by atoms with E-state index in [-0.39, 0.29) is 17.9 Å². The number of nitrogens with zero attached hydrogens (tertiary/aromatic N) is 6. The number of carbonyl (C=O) groups excluding carboxylic acids is 1. The summed E-state index contributed by atoms with van der Waals surface area (Å²) < 4.78 is 28.8. The highest BCUT2D eigenvalue weighted by Crippen LogP contribution is 2.38. The second-order valence-corrected chi connectivity index (χ2v) is 11.6. The van der Waals surface area contributed by atoms with E-state index in [1.165, 1.54) is 12.4 Å². The van der Waals surface area contributed by atoms with Crippen molar-refractivity contribution >= 4 is 28.8 Å². The zero-order valence-electron chi connectivity index (χ0n) is 23.8. The van der Waals surface area contributed by atoms with Crippen molar-refractivity contribution in [3.63, 3.8) is 0 Å². The maximum Gasteiger partial charge on any atom is 0.333 e. The third kappa shape index (κ3) is 5.79. The highest BCUT2D eigenvalue weighted by Gasteiger charge is 2.31. The fourth-order valence-electron chi connectivity index (χ4n) is 6.01. The molecule has 43 heavy (non-hydrogen) atoms. The normalized spacial score (nSPS) is 21.1. The zero-order valence-corrected chi connectivity index (χ0v) is 24.5. The number of aliphatic hydroxyl groups excluding tert-OH is 1. The molecule has 2 bridgehead atoms. The van der Waals surface area contributed by atoms with E-state index in [2.05, 4.69) is 15.5 Å². The van der Waals surface area contributed by atoms with Crippen LogP contribution < -0.4 is 5.32 Å². The first kappa shape index (κ1) is 29.0. The average Bonchev–Trinajstić information content (AvgIpc) is 3.62. The van der Waals surface area contributed by atoms with Crippen LogP contribution >= 0.6 is 11.6 Å². The van der Waals surface area contributed by atoms with Crippen molar-refractivity contribution in [3.05, 3.63) is 77.5 Å². The van der Waals surface area contributed by atoms with Gasteiger partial charge in [-0.1, -0.05) is 31.0 Å². The Hall–Kier alpha value is -4.09. The van der Waals surface area contributed by atoms with E-state index in [1.54, 1.807) is 41.4 Å². The molecule has 0 saturated heterocycles. The van der Waals surface area contributed by atoms with E-state index in [0.717, 1.165) is 41.1 Å². The van der Waals surface area contributed by atoms with Gasteiger partial charge in [-0.25, -0.2) is 4.68 Å². The van der Waals surface area contributed by atoms with E-state index < -0.39 is 12.8 Å². The quantitative estimate of drug-likeness (QED) is 0.282. The lowest BCUT2D eigenvalue weighted by atomic mass is 9.90. The first-order chi connectivity index (χ1) is 20.7. The van der Waals surface area contributed by atoms with Gasteiger partial charge in [-0.15, -0.1) is 0 Å². The standard InChI is InChI=1S/C31H32ClF2N7O2/c1-18-4-3-5-27(25-12-20(8-10-35-25)29-26(38-30(18)43)16-36-39(29)2)40-11-9-19(13-28(40)42)24-14-22(32)6-7-23(24)21-15-37-41(17-21)31(33)34/h6-8,10,12-18,27,30-31,38,43H,3-5,9,11H2,1-2H3/t18-,27+,30?/m1/s1. The van der Waals surface area contributed by atoms with Crippen LogP contribution in [0.1, 0.15) is 56.5 Å². The third-order valence-corrected chi connectivity index (χ3v) is 8.57. The third-order valence-electron chi connectivity index (χ3n) is 8.33. The molecular weight excluding hydrogens is 576 g/mol. The van der Waals surface area contributed by atoms with E-state index in [9.17, 15) is 18.7 Å². The highest BCUT2D eigenvalue weighted by molar-refractivity contribution is 6.31. The van der Waals surface area contributed by atoms with Crippen molar-refractivity contribution in [1.29, 1.82) is 0 Å². The predicted octanol–water partition coefficient (Wildman–Crippen LogP) is 6.30. The number of amides is 1. The number of aromatic nitrogens is 5. The maximum absolute atomic E-state index is 13.8. The van der Waals surface area contributed by atoms with Crippen LogP contribution in [-0.2, 0) is 11.8 Å². The number of aliphatic hydroxyl groups is 1. The zero-order chi connectivity index (χ0) is 30.2. The van der Waals surface area contributed by atoms with Gasteiger partial charge in [0.1, 0.15) is 6.23 Å². The molecule has 3 atom stereocenters.